The van der Waals surface area contributed by atoms with Crippen LogP contribution in [0.15, 0.2) is 30.5 Å². The van der Waals surface area contributed by atoms with Crippen LogP contribution < -0.4 is 5.73 Å². The average molecular weight is 235 g/mol. The largest absolute Gasteiger partial charge is 0.325 e. The van der Waals surface area contributed by atoms with E-state index in [1.165, 1.54) is 12.3 Å². The van der Waals surface area contributed by atoms with E-state index in [2.05, 4.69) is 9.97 Å². The second kappa shape index (κ2) is 4.97. The van der Waals surface area contributed by atoms with E-state index in [1.54, 1.807) is 18.2 Å². The zero-order chi connectivity index (χ0) is 12.3. The maximum absolute atomic E-state index is 13.2. The molecule has 0 aliphatic carbocycles. The molecule has 2 heterocycles. The molecule has 0 bridgehead atoms. The number of pyridine rings is 2. The Morgan fingerprint density at radius 3 is 2.53 bits per heavy atom. The third-order valence-electron chi connectivity index (χ3n) is 2.35. The van der Waals surface area contributed by atoms with E-state index < -0.39 is 12.6 Å². The molecular weight excluding hydrogens is 224 g/mol. The molecule has 0 amide bonds. The van der Waals surface area contributed by atoms with Crippen molar-refractivity contribution in [1.82, 2.24) is 9.97 Å². The van der Waals surface area contributed by atoms with Crippen molar-refractivity contribution in [3.8, 4) is 11.1 Å². The number of alkyl halides is 1. The van der Waals surface area contributed by atoms with Crippen molar-refractivity contribution in [2.24, 2.45) is 5.73 Å². The Bertz CT molecular complexity index is 512. The molecule has 0 aromatic carbocycles. The van der Waals surface area contributed by atoms with Crippen LogP contribution in [0.2, 0.25) is 0 Å². The summed E-state index contributed by atoms with van der Waals surface area (Å²) >= 11 is 0. The van der Waals surface area contributed by atoms with Gasteiger partial charge in [0.05, 0.1) is 11.4 Å². The topological polar surface area (TPSA) is 51.8 Å². The summed E-state index contributed by atoms with van der Waals surface area (Å²) in [6.07, 6.45) is 1.50. The van der Waals surface area contributed by atoms with E-state index in [9.17, 15) is 8.78 Å². The second-order valence-corrected chi connectivity index (χ2v) is 3.55. The average Bonchev–Trinajstić information content (AvgIpc) is 2.38. The third kappa shape index (κ3) is 2.62. The molecule has 0 aliphatic rings. The molecule has 2 aromatic heterocycles. The summed E-state index contributed by atoms with van der Waals surface area (Å²) in [4.78, 5) is 7.55. The van der Waals surface area contributed by atoms with Gasteiger partial charge >= 0.3 is 0 Å². The Balaban J connectivity index is 2.41. The lowest BCUT2D eigenvalue weighted by Crippen LogP contribution is -2.01. The van der Waals surface area contributed by atoms with Gasteiger partial charge in [0, 0.05) is 24.4 Å². The minimum absolute atomic E-state index is 0.167. The lowest BCUT2D eigenvalue weighted by Gasteiger charge is -2.04. The van der Waals surface area contributed by atoms with Gasteiger partial charge in [-0.05, 0) is 17.7 Å². The maximum atomic E-state index is 13.2. The van der Waals surface area contributed by atoms with Crippen molar-refractivity contribution < 1.29 is 8.78 Å². The summed E-state index contributed by atoms with van der Waals surface area (Å²) in [5.41, 5.74) is 7.58. The first-order valence-corrected chi connectivity index (χ1v) is 5.10. The van der Waals surface area contributed by atoms with E-state index in [1.807, 2.05) is 0 Å². The Morgan fingerprint density at radius 1 is 1.12 bits per heavy atom. The molecule has 17 heavy (non-hydrogen) atoms. The predicted octanol–water partition coefficient (Wildman–Crippen LogP) is 2.21. The summed E-state index contributed by atoms with van der Waals surface area (Å²) in [6.45, 7) is -0.445. The smallest absolute Gasteiger partial charge is 0.213 e. The van der Waals surface area contributed by atoms with Crippen LogP contribution in [0.4, 0.5) is 8.78 Å². The van der Waals surface area contributed by atoms with Gasteiger partial charge in [-0.2, -0.15) is 4.39 Å². The van der Waals surface area contributed by atoms with Crippen molar-refractivity contribution in [2.45, 2.75) is 13.2 Å². The van der Waals surface area contributed by atoms with Gasteiger partial charge in [0.25, 0.3) is 0 Å². The molecule has 0 unspecified atom stereocenters. The van der Waals surface area contributed by atoms with Crippen LogP contribution in [0, 0.1) is 5.95 Å². The van der Waals surface area contributed by atoms with Crippen molar-refractivity contribution in [3.63, 3.8) is 0 Å². The minimum atomic E-state index is -0.612. The zero-order valence-corrected chi connectivity index (χ0v) is 9.03. The Kier molecular flexibility index (Phi) is 3.39. The SMILES string of the molecule is NCc1cc(-c2ccc(CF)nc2)cc(F)n1. The highest BCUT2D eigenvalue weighted by Crippen LogP contribution is 2.20. The summed E-state index contributed by atoms with van der Waals surface area (Å²) in [6, 6.07) is 6.24. The molecular formula is C12H11F2N3. The lowest BCUT2D eigenvalue weighted by molar-refractivity contribution is 0.476. The molecule has 0 fully saturated rings. The summed E-state index contributed by atoms with van der Waals surface area (Å²) < 4.78 is 25.5. The third-order valence-corrected chi connectivity index (χ3v) is 2.35. The standard InChI is InChI=1S/C12H11F2N3/c13-5-10-2-1-8(7-16-10)9-3-11(6-15)17-12(14)4-9/h1-4,7H,5-6,15H2. The highest BCUT2D eigenvalue weighted by Gasteiger charge is 2.04. The normalized spacial score (nSPS) is 10.5. The fraction of sp³-hybridized carbons (Fsp3) is 0.167. The first-order valence-electron chi connectivity index (χ1n) is 5.10. The van der Waals surface area contributed by atoms with Crippen LogP contribution in [0.5, 0.6) is 0 Å². The molecule has 3 nitrogen and oxygen atoms in total. The predicted molar refractivity (Wildman–Crippen MR) is 60.1 cm³/mol. The number of aromatic nitrogens is 2. The van der Waals surface area contributed by atoms with Gasteiger partial charge in [0.15, 0.2) is 0 Å². The molecule has 0 spiro atoms. The van der Waals surface area contributed by atoms with Crippen molar-refractivity contribution in [2.75, 3.05) is 0 Å². The molecule has 2 N–H and O–H groups in total. The molecule has 0 radical (unpaired) electrons. The van der Waals surface area contributed by atoms with E-state index in [0.29, 0.717) is 22.5 Å². The van der Waals surface area contributed by atoms with Crippen LogP contribution in [-0.2, 0) is 13.2 Å². The molecule has 0 atom stereocenters. The van der Waals surface area contributed by atoms with Crippen LogP contribution in [0.25, 0.3) is 11.1 Å². The molecule has 5 heteroatoms. The lowest BCUT2D eigenvalue weighted by atomic mass is 10.1. The molecule has 88 valence electrons. The van der Waals surface area contributed by atoms with Gasteiger partial charge in [-0.25, -0.2) is 9.37 Å². The first-order chi connectivity index (χ1) is 8.22. The van der Waals surface area contributed by atoms with Crippen LogP contribution >= 0.6 is 0 Å². The van der Waals surface area contributed by atoms with E-state index in [0.717, 1.165) is 0 Å². The van der Waals surface area contributed by atoms with Gasteiger partial charge in [-0.3, -0.25) is 4.98 Å². The minimum Gasteiger partial charge on any atom is -0.325 e. The highest BCUT2D eigenvalue weighted by molar-refractivity contribution is 5.62. The van der Waals surface area contributed by atoms with Crippen LogP contribution in [0.1, 0.15) is 11.4 Å². The van der Waals surface area contributed by atoms with Crippen LogP contribution in [-0.4, -0.2) is 9.97 Å². The van der Waals surface area contributed by atoms with E-state index >= 15 is 0 Å². The van der Waals surface area contributed by atoms with Gasteiger partial charge in [-0.15, -0.1) is 0 Å². The molecule has 0 saturated heterocycles. The molecule has 2 rings (SSSR count). The Morgan fingerprint density at radius 2 is 1.94 bits per heavy atom. The van der Waals surface area contributed by atoms with Gasteiger partial charge in [0.1, 0.15) is 6.67 Å². The Hall–Kier alpha value is -1.88. The Labute approximate surface area is 97.3 Å². The number of hydrogen-bond acceptors (Lipinski definition) is 3. The van der Waals surface area contributed by atoms with E-state index in [4.69, 9.17) is 5.73 Å². The van der Waals surface area contributed by atoms with Gasteiger partial charge in [0.2, 0.25) is 5.95 Å². The fourth-order valence-corrected chi connectivity index (χ4v) is 1.50. The van der Waals surface area contributed by atoms with Gasteiger partial charge in [-0.1, -0.05) is 6.07 Å². The summed E-state index contributed by atoms with van der Waals surface area (Å²) in [7, 11) is 0. The zero-order valence-electron chi connectivity index (χ0n) is 9.03. The fourth-order valence-electron chi connectivity index (χ4n) is 1.50. The molecule has 0 saturated carbocycles. The van der Waals surface area contributed by atoms with Gasteiger partial charge < -0.3 is 5.73 Å². The quantitative estimate of drug-likeness (QED) is 0.830. The van der Waals surface area contributed by atoms with Crippen LogP contribution in [0.3, 0.4) is 0 Å². The highest BCUT2D eigenvalue weighted by atomic mass is 19.1. The molecule has 0 aliphatic heterocycles. The van der Waals surface area contributed by atoms with Crippen molar-refractivity contribution in [1.29, 1.82) is 0 Å². The second-order valence-electron chi connectivity index (χ2n) is 3.55. The monoisotopic (exact) mass is 235 g/mol. The maximum Gasteiger partial charge on any atom is 0.213 e. The van der Waals surface area contributed by atoms with Crippen molar-refractivity contribution >= 4 is 0 Å². The molecule has 2 aromatic rings. The number of nitrogens with two attached hydrogens (primary N) is 1. The van der Waals surface area contributed by atoms with E-state index in [-0.39, 0.29) is 6.54 Å². The summed E-state index contributed by atoms with van der Waals surface area (Å²) in [5, 5.41) is 0. The van der Waals surface area contributed by atoms with Crippen molar-refractivity contribution in [3.05, 3.63) is 47.8 Å². The number of halogens is 2. The number of rotatable bonds is 3. The first kappa shape index (κ1) is 11.6. The summed E-state index contributed by atoms with van der Waals surface area (Å²) in [5.74, 6) is -0.586. The number of hydrogen-bond donors (Lipinski definition) is 1. The number of nitrogens with zero attached hydrogens (tertiary/aromatic N) is 2.